The number of benzene rings is 1. The van der Waals surface area contributed by atoms with Gasteiger partial charge < -0.3 is 14.3 Å². The van der Waals surface area contributed by atoms with Gasteiger partial charge >= 0.3 is 0 Å². The minimum absolute atomic E-state index is 0.00501. The SMILES string of the molecule is Cc1ccc(Cn2c(C(=O)NC3CCCCC3)cc3occc32)cc1. The Kier molecular flexibility index (Phi) is 4.35. The number of nitrogens with one attached hydrogen (secondary N) is 1. The van der Waals surface area contributed by atoms with Crippen LogP contribution in [0.3, 0.4) is 0 Å². The molecule has 1 fully saturated rings. The van der Waals surface area contributed by atoms with E-state index in [1.165, 1.54) is 30.4 Å². The first-order valence-electron chi connectivity index (χ1n) is 9.14. The van der Waals surface area contributed by atoms with Crippen LogP contribution in [-0.2, 0) is 6.54 Å². The van der Waals surface area contributed by atoms with Gasteiger partial charge in [-0.3, -0.25) is 4.79 Å². The largest absolute Gasteiger partial charge is 0.463 e. The summed E-state index contributed by atoms with van der Waals surface area (Å²) < 4.78 is 7.59. The lowest BCUT2D eigenvalue weighted by atomic mass is 9.95. The van der Waals surface area contributed by atoms with Gasteiger partial charge in [-0.1, -0.05) is 49.1 Å². The molecule has 4 nitrogen and oxygen atoms in total. The third-order valence-electron chi connectivity index (χ3n) is 5.16. The van der Waals surface area contributed by atoms with Crippen molar-refractivity contribution in [1.82, 2.24) is 9.88 Å². The maximum Gasteiger partial charge on any atom is 0.268 e. The Balaban J connectivity index is 1.62. The maximum atomic E-state index is 12.9. The van der Waals surface area contributed by atoms with E-state index in [2.05, 4.69) is 41.1 Å². The van der Waals surface area contributed by atoms with Crippen LogP contribution in [0.2, 0.25) is 0 Å². The van der Waals surface area contributed by atoms with E-state index in [-0.39, 0.29) is 5.91 Å². The molecule has 1 saturated carbocycles. The van der Waals surface area contributed by atoms with E-state index >= 15 is 0 Å². The molecule has 4 heteroatoms. The van der Waals surface area contributed by atoms with Crippen LogP contribution in [0.25, 0.3) is 11.1 Å². The monoisotopic (exact) mass is 336 g/mol. The summed E-state index contributed by atoms with van der Waals surface area (Å²) in [7, 11) is 0. The van der Waals surface area contributed by atoms with Gasteiger partial charge in [0.15, 0.2) is 5.58 Å². The molecule has 3 aromatic rings. The van der Waals surface area contributed by atoms with Gasteiger partial charge in [-0.2, -0.15) is 0 Å². The molecule has 0 atom stereocenters. The lowest BCUT2D eigenvalue weighted by Gasteiger charge is -2.23. The van der Waals surface area contributed by atoms with Crippen LogP contribution in [0.5, 0.6) is 0 Å². The number of nitrogens with zero attached hydrogens (tertiary/aromatic N) is 1. The highest BCUT2D eigenvalue weighted by atomic mass is 16.3. The van der Waals surface area contributed by atoms with E-state index in [9.17, 15) is 4.79 Å². The molecule has 1 N–H and O–H groups in total. The molecule has 0 aliphatic heterocycles. The molecule has 1 aliphatic rings. The Bertz CT molecular complexity index is 867. The van der Waals surface area contributed by atoms with Crippen molar-refractivity contribution in [2.45, 2.75) is 51.6 Å². The first-order chi connectivity index (χ1) is 12.2. The van der Waals surface area contributed by atoms with Crippen molar-refractivity contribution in [3.05, 3.63) is 59.5 Å². The second-order valence-electron chi connectivity index (χ2n) is 7.08. The molecule has 130 valence electrons. The van der Waals surface area contributed by atoms with Gasteiger partial charge in [0, 0.05) is 24.7 Å². The molecule has 1 amide bonds. The number of aryl methyl sites for hydroxylation is 1. The number of carbonyl (C=O) groups excluding carboxylic acids is 1. The Hall–Kier alpha value is -2.49. The minimum atomic E-state index is 0.00501. The molecule has 0 unspecified atom stereocenters. The first kappa shape index (κ1) is 16.0. The van der Waals surface area contributed by atoms with Crippen molar-refractivity contribution >= 4 is 17.0 Å². The second kappa shape index (κ2) is 6.79. The molecule has 2 heterocycles. The van der Waals surface area contributed by atoms with Gasteiger partial charge in [-0.25, -0.2) is 0 Å². The van der Waals surface area contributed by atoms with Gasteiger partial charge in [0.05, 0.1) is 11.8 Å². The highest BCUT2D eigenvalue weighted by Gasteiger charge is 2.21. The third kappa shape index (κ3) is 3.34. The Morgan fingerprint density at radius 2 is 1.92 bits per heavy atom. The van der Waals surface area contributed by atoms with Crippen molar-refractivity contribution in [2.24, 2.45) is 0 Å². The predicted molar refractivity (Wildman–Crippen MR) is 98.8 cm³/mol. The van der Waals surface area contributed by atoms with Crippen LogP contribution in [-0.4, -0.2) is 16.5 Å². The van der Waals surface area contributed by atoms with Crippen molar-refractivity contribution in [3.63, 3.8) is 0 Å². The molecular weight excluding hydrogens is 312 g/mol. The van der Waals surface area contributed by atoms with Gasteiger partial charge in [-0.05, 0) is 25.3 Å². The first-order valence-corrected chi connectivity index (χ1v) is 9.14. The molecule has 4 rings (SSSR count). The Morgan fingerprint density at radius 1 is 1.16 bits per heavy atom. The van der Waals surface area contributed by atoms with E-state index in [4.69, 9.17) is 4.42 Å². The van der Waals surface area contributed by atoms with Gasteiger partial charge in [0.25, 0.3) is 5.91 Å². The molecular formula is C21H24N2O2. The second-order valence-corrected chi connectivity index (χ2v) is 7.08. The maximum absolute atomic E-state index is 12.9. The van der Waals surface area contributed by atoms with Gasteiger partial charge in [-0.15, -0.1) is 0 Å². The highest BCUT2D eigenvalue weighted by molar-refractivity contribution is 5.97. The summed E-state index contributed by atoms with van der Waals surface area (Å²) in [6, 6.07) is 12.5. The van der Waals surface area contributed by atoms with E-state index in [0.717, 1.165) is 23.9 Å². The lowest BCUT2D eigenvalue weighted by Crippen LogP contribution is -2.37. The molecule has 0 radical (unpaired) electrons. The van der Waals surface area contributed by atoms with Crippen LogP contribution >= 0.6 is 0 Å². The van der Waals surface area contributed by atoms with Crippen LogP contribution in [0.15, 0.2) is 47.1 Å². The number of fused-ring (bicyclic) bond motifs is 1. The lowest BCUT2D eigenvalue weighted by molar-refractivity contribution is 0.0919. The van der Waals surface area contributed by atoms with Crippen LogP contribution in [0, 0.1) is 6.92 Å². The number of hydrogen-bond donors (Lipinski definition) is 1. The smallest absolute Gasteiger partial charge is 0.268 e. The van der Waals surface area contributed by atoms with Gasteiger partial charge in [0.2, 0.25) is 0 Å². The van der Waals surface area contributed by atoms with Gasteiger partial charge in [0.1, 0.15) is 5.69 Å². The number of amides is 1. The summed E-state index contributed by atoms with van der Waals surface area (Å²) in [4.78, 5) is 12.9. The topological polar surface area (TPSA) is 47.2 Å². The highest BCUT2D eigenvalue weighted by Crippen LogP contribution is 2.24. The third-order valence-corrected chi connectivity index (χ3v) is 5.16. The quantitative estimate of drug-likeness (QED) is 0.753. The zero-order valence-corrected chi connectivity index (χ0v) is 14.6. The Labute approximate surface area is 147 Å². The predicted octanol–water partition coefficient (Wildman–Crippen LogP) is 4.65. The van der Waals surface area contributed by atoms with Crippen molar-refractivity contribution < 1.29 is 9.21 Å². The van der Waals surface area contributed by atoms with Crippen molar-refractivity contribution in [2.75, 3.05) is 0 Å². The molecule has 2 aromatic heterocycles. The molecule has 0 saturated heterocycles. The van der Waals surface area contributed by atoms with Crippen molar-refractivity contribution in [1.29, 1.82) is 0 Å². The normalized spacial score (nSPS) is 15.6. The fourth-order valence-electron chi connectivity index (χ4n) is 3.72. The standard InChI is InChI=1S/C21H24N2O2/c1-15-7-9-16(10-8-15)14-23-18-11-12-25-20(18)13-19(23)21(24)22-17-5-3-2-4-6-17/h7-13,17H,2-6,14H2,1H3,(H,22,24). The number of hydrogen-bond acceptors (Lipinski definition) is 2. The average molecular weight is 336 g/mol. The number of carbonyl (C=O) groups is 1. The molecule has 1 aromatic carbocycles. The summed E-state index contributed by atoms with van der Waals surface area (Å²) in [5, 5.41) is 3.22. The number of aromatic nitrogens is 1. The fourth-order valence-corrected chi connectivity index (χ4v) is 3.72. The fraction of sp³-hybridized carbons (Fsp3) is 0.381. The summed E-state index contributed by atoms with van der Waals surface area (Å²) in [5.41, 5.74) is 4.83. The zero-order chi connectivity index (χ0) is 17.2. The average Bonchev–Trinajstić information content (AvgIpc) is 3.20. The Morgan fingerprint density at radius 3 is 2.68 bits per heavy atom. The van der Waals surface area contributed by atoms with Crippen LogP contribution < -0.4 is 5.32 Å². The molecule has 1 aliphatic carbocycles. The van der Waals surface area contributed by atoms with Crippen molar-refractivity contribution in [3.8, 4) is 0 Å². The summed E-state index contributed by atoms with van der Waals surface area (Å²) in [5.74, 6) is 0.00501. The van der Waals surface area contributed by atoms with E-state index in [1.54, 1.807) is 6.26 Å². The zero-order valence-electron chi connectivity index (χ0n) is 14.6. The molecule has 0 bridgehead atoms. The van der Waals surface area contributed by atoms with Crippen LogP contribution in [0.1, 0.15) is 53.7 Å². The van der Waals surface area contributed by atoms with E-state index in [0.29, 0.717) is 18.3 Å². The molecule has 0 spiro atoms. The van der Waals surface area contributed by atoms with E-state index < -0.39 is 0 Å². The minimum Gasteiger partial charge on any atom is -0.463 e. The van der Waals surface area contributed by atoms with Crippen LogP contribution in [0.4, 0.5) is 0 Å². The number of furan rings is 1. The summed E-state index contributed by atoms with van der Waals surface area (Å²) >= 11 is 0. The summed E-state index contributed by atoms with van der Waals surface area (Å²) in [6.07, 6.45) is 7.54. The number of rotatable bonds is 4. The summed E-state index contributed by atoms with van der Waals surface area (Å²) in [6.45, 7) is 2.74. The molecule has 25 heavy (non-hydrogen) atoms. The van der Waals surface area contributed by atoms with E-state index in [1.807, 2.05) is 12.1 Å².